The van der Waals surface area contributed by atoms with Gasteiger partial charge in [-0.1, -0.05) is 42.1 Å². The highest BCUT2D eigenvalue weighted by molar-refractivity contribution is 7.99. The lowest BCUT2D eigenvalue weighted by molar-refractivity contribution is -0.115. The van der Waals surface area contributed by atoms with Gasteiger partial charge in [0, 0.05) is 22.6 Å². The Bertz CT molecular complexity index is 1120. The van der Waals surface area contributed by atoms with Gasteiger partial charge < -0.3 is 19.8 Å². The molecule has 0 aliphatic rings. The molecule has 162 valence electrons. The molecular weight excluding hydrogens is 414 g/mol. The number of thioether (sulfide) groups is 1. The van der Waals surface area contributed by atoms with Crippen molar-refractivity contribution in [2.24, 2.45) is 0 Å². The number of aryl methyl sites for hydroxylation is 1. The first kappa shape index (κ1) is 22.4. The molecule has 2 aromatic carbocycles. The number of nitrogens with zero attached hydrogens (tertiary/aromatic N) is 1. The number of nitrogens with one attached hydrogen (secondary N) is 2. The van der Waals surface area contributed by atoms with Gasteiger partial charge in [0.05, 0.1) is 26.3 Å². The molecule has 3 rings (SSSR count). The number of carbonyl (C=O) groups excluding carboxylic acids is 1. The smallest absolute Gasteiger partial charge is 0.255 e. The van der Waals surface area contributed by atoms with Crippen LogP contribution in [0.1, 0.15) is 29.0 Å². The van der Waals surface area contributed by atoms with Crippen LogP contribution in [0.3, 0.4) is 0 Å². The Balaban J connectivity index is 1.72. The third kappa shape index (κ3) is 5.67. The number of hydrogen-bond donors (Lipinski definition) is 2. The van der Waals surface area contributed by atoms with E-state index in [0.29, 0.717) is 33.6 Å². The molecule has 1 atom stereocenters. The number of rotatable bonds is 8. The van der Waals surface area contributed by atoms with Gasteiger partial charge in [-0.3, -0.25) is 9.59 Å². The van der Waals surface area contributed by atoms with E-state index in [2.05, 4.69) is 22.2 Å². The molecule has 0 spiro atoms. The van der Waals surface area contributed by atoms with E-state index in [4.69, 9.17) is 9.47 Å². The summed E-state index contributed by atoms with van der Waals surface area (Å²) in [5.41, 5.74) is 2.20. The fourth-order valence-electron chi connectivity index (χ4n) is 3.06. The minimum absolute atomic E-state index is 0.0947. The molecule has 0 aliphatic heterocycles. The maximum Gasteiger partial charge on any atom is 0.255 e. The first-order chi connectivity index (χ1) is 14.9. The lowest BCUT2D eigenvalue weighted by atomic mass is 10.1. The number of ether oxygens (including phenoxy) is 2. The highest BCUT2D eigenvalue weighted by Gasteiger charge is 2.16. The van der Waals surface area contributed by atoms with Crippen LogP contribution in [0.4, 0.5) is 5.69 Å². The van der Waals surface area contributed by atoms with Crippen LogP contribution in [0.15, 0.2) is 58.5 Å². The number of anilines is 1. The van der Waals surface area contributed by atoms with Crippen LogP contribution in [0.2, 0.25) is 0 Å². The summed E-state index contributed by atoms with van der Waals surface area (Å²) >= 11 is 1.47. The van der Waals surface area contributed by atoms with Crippen molar-refractivity contribution in [1.82, 2.24) is 9.97 Å². The van der Waals surface area contributed by atoms with Crippen molar-refractivity contribution in [2.45, 2.75) is 30.7 Å². The summed E-state index contributed by atoms with van der Waals surface area (Å²) < 4.78 is 10.5. The molecule has 0 aliphatic carbocycles. The summed E-state index contributed by atoms with van der Waals surface area (Å²) in [6.07, 6.45) is -0.0947. The van der Waals surface area contributed by atoms with E-state index < -0.39 is 0 Å². The molecule has 0 radical (unpaired) electrons. The monoisotopic (exact) mass is 439 g/mol. The van der Waals surface area contributed by atoms with Gasteiger partial charge in [0.15, 0.2) is 5.16 Å². The van der Waals surface area contributed by atoms with Crippen molar-refractivity contribution in [3.63, 3.8) is 0 Å². The molecule has 31 heavy (non-hydrogen) atoms. The number of carbonyl (C=O) groups is 1. The topological polar surface area (TPSA) is 93.3 Å². The Morgan fingerprint density at radius 2 is 1.90 bits per heavy atom. The minimum Gasteiger partial charge on any atom is -0.497 e. The third-order valence-electron chi connectivity index (χ3n) is 4.78. The lowest BCUT2D eigenvalue weighted by Gasteiger charge is -2.13. The van der Waals surface area contributed by atoms with Crippen LogP contribution >= 0.6 is 11.8 Å². The van der Waals surface area contributed by atoms with Crippen molar-refractivity contribution in [3.8, 4) is 11.5 Å². The Kier molecular flexibility index (Phi) is 7.36. The van der Waals surface area contributed by atoms with Gasteiger partial charge in [-0.05, 0) is 31.5 Å². The molecule has 8 heteroatoms. The molecule has 0 fully saturated rings. The van der Waals surface area contributed by atoms with Gasteiger partial charge in [-0.25, -0.2) is 4.98 Å². The minimum atomic E-state index is -0.336. The summed E-state index contributed by atoms with van der Waals surface area (Å²) in [6.45, 7) is 3.79. The van der Waals surface area contributed by atoms with Crippen molar-refractivity contribution < 1.29 is 14.3 Å². The van der Waals surface area contributed by atoms with E-state index in [0.717, 1.165) is 5.56 Å². The lowest BCUT2D eigenvalue weighted by Crippen LogP contribution is -2.24. The Labute approximate surface area is 185 Å². The molecule has 2 N–H and O–H groups in total. The normalized spacial score (nSPS) is 11.6. The van der Waals surface area contributed by atoms with Crippen LogP contribution in [-0.2, 0) is 11.2 Å². The van der Waals surface area contributed by atoms with Crippen LogP contribution in [0.5, 0.6) is 11.5 Å². The predicted molar refractivity (Wildman–Crippen MR) is 122 cm³/mol. The number of benzene rings is 2. The first-order valence-corrected chi connectivity index (χ1v) is 10.6. The second-order valence-electron chi connectivity index (χ2n) is 6.90. The number of aromatic nitrogens is 2. The largest absolute Gasteiger partial charge is 0.497 e. The second kappa shape index (κ2) is 10.2. The summed E-state index contributed by atoms with van der Waals surface area (Å²) in [5.74, 6) is 0.749. The fraction of sp³-hybridized carbons (Fsp3) is 0.261. The maximum atomic E-state index is 12.6. The van der Waals surface area contributed by atoms with Gasteiger partial charge in [0.1, 0.15) is 11.5 Å². The van der Waals surface area contributed by atoms with Gasteiger partial charge >= 0.3 is 0 Å². The average Bonchev–Trinajstić information content (AvgIpc) is 2.77. The zero-order chi connectivity index (χ0) is 22.4. The number of amides is 1. The zero-order valence-corrected chi connectivity index (χ0v) is 18.7. The van der Waals surface area contributed by atoms with Crippen molar-refractivity contribution in [3.05, 3.63) is 75.7 Å². The SMILES string of the molecule is COc1ccc(NC(=O)Cc2c(C)nc(S[C@H](C)c3ccccc3)[nH]c2=O)c(OC)c1. The standard InChI is InChI=1S/C23H25N3O4S/c1-14-18(13-21(27)25-19-11-10-17(29-3)12-20(19)30-4)22(28)26-23(24-14)31-15(2)16-8-6-5-7-9-16/h5-12,15H,13H2,1-4H3,(H,25,27)(H,24,26,28)/t15-/m1/s1. The Morgan fingerprint density at radius 1 is 1.16 bits per heavy atom. The Hall–Kier alpha value is -3.26. The van der Waals surface area contributed by atoms with E-state index in [9.17, 15) is 9.59 Å². The van der Waals surface area contributed by atoms with Crippen LogP contribution in [0.25, 0.3) is 0 Å². The molecule has 0 bridgehead atoms. The van der Waals surface area contributed by atoms with Crippen molar-refractivity contribution in [1.29, 1.82) is 0 Å². The number of H-pyrrole nitrogens is 1. The third-order valence-corrected chi connectivity index (χ3v) is 5.82. The molecule has 3 aromatic rings. The van der Waals surface area contributed by atoms with Crippen molar-refractivity contribution in [2.75, 3.05) is 19.5 Å². The highest BCUT2D eigenvalue weighted by Crippen LogP contribution is 2.32. The highest BCUT2D eigenvalue weighted by atomic mass is 32.2. The van der Waals surface area contributed by atoms with Gasteiger partial charge in [0.2, 0.25) is 5.91 Å². The van der Waals surface area contributed by atoms with Gasteiger partial charge in [0.25, 0.3) is 5.56 Å². The van der Waals surface area contributed by atoms with Gasteiger partial charge in [-0.15, -0.1) is 0 Å². The molecule has 0 unspecified atom stereocenters. The quantitative estimate of drug-likeness (QED) is 0.405. The van der Waals surface area contributed by atoms with Crippen molar-refractivity contribution >= 4 is 23.4 Å². The summed E-state index contributed by atoms with van der Waals surface area (Å²) in [5, 5.41) is 3.43. The number of aromatic amines is 1. The molecule has 1 amide bonds. The molecule has 0 saturated heterocycles. The first-order valence-electron chi connectivity index (χ1n) is 9.74. The van der Waals surface area contributed by atoms with E-state index in [1.165, 1.54) is 18.9 Å². The van der Waals surface area contributed by atoms with Gasteiger partial charge in [-0.2, -0.15) is 0 Å². The predicted octanol–water partition coefficient (Wildman–Crippen LogP) is 4.13. The van der Waals surface area contributed by atoms with E-state index in [1.54, 1.807) is 32.2 Å². The summed E-state index contributed by atoms with van der Waals surface area (Å²) in [7, 11) is 3.06. The number of methoxy groups -OCH3 is 2. The summed E-state index contributed by atoms with van der Waals surface area (Å²) in [6, 6.07) is 15.1. The van der Waals surface area contributed by atoms with Crippen LogP contribution < -0.4 is 20.3 Å². The summed E-state index contributed by atoms with van der Waals surface area (Å²) in [4.78, 5) is 32.5. The molecule has 1 heterocycles. The molecule has 7 nitrogen and oxygen atoms in total. The fourth-order valence-corrected chi connectivity index (χ4v) is 4.03. The van der Waals surface area contributed by atoms with E-state index in [1.807, 2.05) is 30.3 Å². The molecule has 1 aromatic heterocycles. The maximum absolute atomic E-state index is 12.6. The number of hydrogen-bond acceptors (Lipinski definition) is 6. The second-order valence-corrected chi connectivity index (χ2v) is 8.23. The van der Waals surface area contributed by atoms with Crippen LogP contribution in [0, 0.1) is 6.92 Å². The Morgan fingerprint density at radius 3 is 2.55 bits per heavy atom. The average molecular weight is 440 g/mol. The zero-order valence-electron chi connectivity index (χ0n) is 17.9. The molecule has 0 saturated carbocycles. The van der Waals surface area contributed by atoms with E-state index >= 15 is 0 Å². The van der Waals surface area contributed by atoms with Crippen LogP contribution in [-0.4, -0.2) is 30.1 Å². The van der Waals surface area contributed by atoms with E-state index in [-0.39, 0.29) is 23.1 Å². The molecular formula is C23H25N3O4S.